The third-order valence-corrected chi connectivity index (χ3v) is 13.3. The Balaban J connectivity index is 4.52. The molecule has 0 saturated heterocycles. The van der Waals surface area contributed by atoms with Gasteiger partial charge in [-0.1, -0.05) is 276 Å². The van der Waals surface area contributed by atoms with E-state index in [1.54, 1.807) is 0 Å². The number of unbranched alkanes of at least 4 members (excludes halogenated alkanes) is 22. The Hall–Kier alpha value is -4.71. The third kappa shape index (κ3) is 64.0. The third-order valence-electron chi connectivity index (χ3n) is 13.3. The van der Waals surface area contributed by atoms with Crippen molar-refractivity contribution in [3.63, 3.8) is 0 Å². The van der Waals surface area contributed by atoms with Crippen molar-refractivity contribution in [3.05, 3.63) is 146 Å². The molecule has 0 aromatic carbocycles. The molecule has 0 N–H and O–H groups in total. The summed E-state index contributed by atoms with van der Waals surface area (Å²) in [7, 11) is 0. The smallest absolute Gasteiger partial charge is 0.306 e. The molecular formula is C73H118O6. The summed E-state index contributed by atoms with van der Waals surface area (Å²) < 4.78 is 16.9. The van der Waals surface area contributed by atoms with Gasteiger partial charge in [-0.25, -0.2) is 0 Å². The molecule has 0 aromatic rings. The van der Waals surface area contributed by atoms with E-state index in [1.807, 2.05) is 6.08 Å². The first kappa shape index (κ1) is 74.3. The molecule has 1 unspecified atom stereocenters. The van der Waals surface area contributed by atoms with Crippen LogP contribution in [0, 0.1) is 0 Å². The van der Waals surface area contributed by atoms with Crippen molar-refractivity contribution in [1.29, 1.82) is 0 Å². The number of ether oxygens (including phenoxy) is 3. The number of hydrogen-bond donors (Lipinski definition) is 0. The van der Waals surface area contributed by atoms with Gasteiger partial charge in [-0.3, -0.25) is 14.4 Å². The van der Waals surface area contributed by atoms with Crippen LogP contribution in [0.5, 0.6) is 0 Å². The summed E-state index contributed by atoms with van der Waals surface area (Å²) in [6.45, 7) is 6.34. The van der Waals surface area contributed by atoms with Gasteiger partial charge in [0.05, 0.1) is 0 Å². The van der Waals surface area contributed by atoms with E-state index < -0.39 is 6.10 Å². The van der Waals surface area contributed by atoms with Crippen LogP contribution in [-0.4, -0.2) is 37.2 Å². The van der Waals surface area contributed by atoms with E-state index in [2.05, 4.69) is 161 Å². The molecule has 0 fully saturated rings. The Morgan fingerprint density at radius 2 is 0.519 bits per heavy atom. The molecule has 6 nitrogen and oxygen atoms in total. The van der Waals surface area contributed by atoms with Gasteiger partial charge in [-0.2, -0.15) is 0 Å². The van der Waals surface area contributed by atoms with Crippen LogP contribution in [0.25, 0.3) is 0 Å². The van der Waals surface area contributed by atoms with Crippen molar-refractivity contribution < 1.29 is 28.6 Å². The topological polar surface area (TPSA) is 78.9 Å². The predicted octanol–water partition coefficient (Wildman–Crippen LogP) is 22.3. The second-order valence-electron chi connectivity index (χ2n) is 20.9. The highest BCUT2D eigenvalue weighted by atomic mass is 16.6. The maximum absolute atomic E-state index is 12.9. The lowest BCUT2D eigenvalue weighted by Crippen LogP contribution is -2.30. The molecule has 446 valence electrons. The van der Waals surface area contributed by atoms with Gasteiger partial charge < -0.3 is 14.2 Å². The zero-order valence-electron chi connectivity index (χ0n) is 51.1. The molecule has 0 amide bonds. The fourth-order valence-electron chi connectivity index (χ4n) is 8.55. The van der Waals surface area contributed by atoms with E-state index in [9.17, 15) is 14.4 Å². The van der Waals surface area contributed by atoms with Crippen molar-refractivity contribution in [1.82, 2.24) is 0 Å². The van der Waals surface area contributed by atoms with E-state index in [0.717, 1.165) is 116 Å². The second-order valence-corrected chi connectivity index (χ2v) is 20.9. The maximum Gasteiger partial charge on any atom is 0.306 e. The minimum Gasteiger partial charge on any atom is -0.462 e. The minimum absolute atomic E-state index is 0.112. The second kappa shape index (κ2) is 65.8. The standard InChI is InChI=1S/C73H118O6/c1-4-7-10-13-16-19-22-25-28-31-34-36-39-42-45-48-51-54-57-60-63-66-72(75)78-69-70(68-77-71(74)65-62-59-56-53-50-47-44-41-38-33-30-27-24-21-18-15-12-9-6-3)79-73(76)67-64-61-58-55-52-49-46-43-40-37-35-32-29-26-23-20-17-14-11-8-5-2/h7,9-10,12,16,18-19,21,23,25-28,30,32,34-36,38,41,47,50,56,59,70H,4-6,8,11,13-15,17,20,22,24,29,31,33,37,39-40,42-46,48-49,51-55,57-58,60-69H2,1-3H3/b10-7-,12-9-,19-16-,21-18-,26-23-,28-25-,30-27-,35-32-,36-34-,41-38-,50-47-,59-56-. The lowest BCUT2D eigenvalue weighted by molar-refractivity contribution is -0.166. The largest absolute Gasteiger partial charge is 0.462 e. The van der Waals surface area contributed by atoms with Crippen molar-refractivity contribution in [3.8, 4) is 0 Å². The lowest BCUT2D eigenvalue weighted by Gasteiger charge is -2.18. The Bertz CT molecular complexity index is 1730. The van der Waals surface area contributed by atoms with E-state index in [4.69, 9.17) is 14.2 Å². The van der Waals surface area contributed by atoms with Crippen LogP contribution in [0.2, 0.25) is 0 Å². The summed E-state index contributed by atoms with van der Waals surface area (Å²) in [5.41, 5.74) is 0. The first-order valence-electron chi connectivity index (χ1n) is 32.3. The fourth-order valence-corrected chi connectivity index (χ4v) is 8.55. The molecule has 0 radical (unpaired) electrons. The highest BCUT2D eigenvalue weighted by Crippen LogP contribution is 2.15. The number of esters is 3. The van der Waals surface area contributed by atoms with E-state index >= 15 is 0 Å². The van der Waals surface area contributed by atoms with E-state index in [-0.39, 0.29) is 37.5 Å². The molecule has 0 aromatic heterocycles. The molecular weight excluding hydrogens is 973 g/mol. The van der Waals surface area contributed by atoms with Gasteiger partial charge in [0.2, 0.25) is 0 Å². The Kier molecular flexibility index (Phi) is 61.9. The molecule has 0 saturated carbocycles. The summed E-state index contributed by atoms with van der Waals surface area (Å²) in [6.07, 6.45) is 94.3. The highest BCUT2D eigenvalue weighted by Gasteiger charge is 2.19. The molecule has 0 heterocycles. The normalized spacial score (nSPS) is 13.1. The van der Waals surface area contributed by atoms with Crippen LogP contribution in [0.15, 0.2) is 146 Å². The monoisotopic (exact) mass is 1090 g/mol. The molecule has 1 atom stereocenters. The number of allylic oxidation sites excluding steroid dienone is 24. The zero-order chi connectivity index (χ0) is 57.1. The lowest BCUT2D eigenvalue weighted by atomic mass is 10.1. The Morgan fingerprint density at radius 3 is 0.848 bits per heavy atom. The van der Waals surface area contributed by atoms with Crippen LogP contribution in [-0.2, 0) is 28.6 Å². The van der Waals surface area contributed by atoms with Gasteiger partial charge in [0.25, 0.3) is 0 Å². The van der Waals surface area contributed by atoms with Crippen molar-refractivity contribution in [2.75, 3.05) is 13.2 Å². The SMILES string of the molecule is CC/C=C\C/C=C\C/C=C\C/C=C\C/C=C\C/C=C\CCC(=O)OCC(COC(=O)CCCCCCCCCC/C=C\C/C=C\C/C=C\C/C=C\CC)OC(=O)CCCCCCCCCCC/C=C\C/C=C\CCCCCCC. The van der Waals surface area contributed by atoms with Crippen LogP contribution >= 0.6 is 0 Å². The molecule has 0 aliphatic carbocycles. The molecule has 0 bridgehead atoms. The quantitative estimate of drug-likeness (QED) is 0.0261. The number of carbonyl (C=O) groups is 3. The van der Waals surface area contributed by atoms with Crippen LogP contribution in [0.4, 0.5) is 0 Å². The first-order chi connectivity index (χ1) is 39.0. The van der Waals surface area contributed by atoms with Crippen molar-refractivity contribution >= 4 is 17.9 Å². The molecule has 0 rings (SSSR count). The minimum atomic E-state index is -0.823. The Morgan fingerprint density at radius 1 is 0.266 bits per heavy atom. The summed E-state index contributed by atoms with van der Waals surface area (Å²) in [6, 6.07) is 0. The molecule has 0 aliphatic heterocycles. The summed E-state index contributed by atoms with van der Waals surface area (Å²) >= 11 is 0. The van der Waals surface area contributed by atoms with Crippen molar-refractivity contribution in [2.45, 2.75) is 284 Å². The summed E-state index contributed by atoms with van der Waals surface area (Å²) in [4.78, 5) is 38.4. The average molecular weight is 1090 g/mol. The van der Waals surface area contributed by atoms with Crippen LogP contribution in [0.1, 0.15) is 278 Å². The Labute approximate surface area is 487 Å². The van der Waals surface area contributed by atoms with Gasteiger partial charge in [0, 0.05) is 19.3 Å². The molecule has 6 heteroatoms. The van der Waals surface area contributed by atoms with Gasteiger partial charge >= 0.3 is 17.9 Å². The van der Waals surface area contributed by atoms with E-state index in [1.165, 1.54) is 116 Å². The number of hydrogen-bond acceptors (Lipinski definition) is 6. The predicted molar refractivity (Wildman–Crippen MR) is 343 cm³/mol. The van der Waals surface area contributed by atoms with E-state index in [0.29, 0.717) is 19.3 Å². The fraction of sp³-hybridized carbons (Fsp3) is 0.630. The molecule has 0 aliphatic rings. The van der Waals surface area contributed by atoms with Gasteiger partial charge in [-0.05, 0) is 128 Å². The number of rotatable bonds is 57. The maximum atomic E-state index is 12.9. The zero-order valence-corrected chi connectivity index (χ0v) is 51.1. The van der Waals surface area contributed by atoms with Gasteiger partial charge in [0.1, 0.15) is 13.2 Å². The van der Waals surface area contributed by atoms with Crippen LogP contribution < -0.4 is 0 Å². The molecule has 0 spiro atoms. The van der Waals surface area contributed by atoms with Crippen LogP contribution in [0.3, 0.4) is 0 Å². The summed E-state index contributed by atoms with van der Waals surface area (Å²) in [5, 5.41) is 0. The molecule has 79 heavy (non-hydrogen) atoms. The summed E-state index contributed by atoms with van der Waals surface area (Å²) in [5.74, 6) is -1.01. The number of carbonyl (C=O) groups excluding carboxylic acids is 3. The van der Waals surface area contributed by atoms with Crippen molar-refractivity contribution in [2.24, 2.45) is 0 Å². The average Bonchev–Trinajstić information content (AvgIpc) is 3.45. The first-order valence-corrected chi connectivity index (χ1v) is 32.3. The van der Waals surface area contributed by atoms with Gasteiger partial charge in [-0.15, -0.1) is 0 Å². The van der Waals surface area contributed by atoms with Gasteiger partial charge in [0.15, 0.2) is 6.10 Å². The highest BCUT2D eigenvalue weighted by molar-refractivity contribution is 5.71.